The highest BCUT2D eigenvalue weighted by Crippen LogP contribution is 2.32. The predicted octanol–water partition coefficient (Wildman–Crippen LogP) is 5.10. The second-order valence-corrected chi connectivity index (χ2v) is 10.2. The lowest BCUT2D eigenvalue weighted by atomic mass is 10.00. The molecule has 3 heterocycles. The van der Waals surface area contributed by atoms with Crippen LogP contribution in [-0.4, -0.2) is 30.1 Å². The molecule has 0 saturated heterocycles. The van der Waals surface area contributed by atoms with Gasteiger partial charge in [-0.25, -0.2) is 9.07 Å². The fourth-order valence-corrected chi connectivity index (χ4v) is 4.61. The average Bonchev–Trinajstić information content (AvgIpc) is 3.54. The average molecular weight is 501 g/mol. The first-order valence-electron chi connectivity index (χ1n) is 12.1. The van der Waals surface area contributed by atoms with Crippen LogP contribution in [-0.2, 0) is 18.6 Å². The maximum absolute atomic E-state index is 13.7. The van der Waals surface area contributed by atoms with Crippen molar-refractivity contribution in [2.24, 2.45) is 0 Å². The van der Waals surface area contributed by atoms with Crippen molar-refractivity contribution in [3.8, 4) is 0 Å². The molecule has 0 saturated carbocycles. The lowest BCUT2D eigenvalue weighted by molar-refractivity contribution is 0.171. The van der Waals surface area contributed by atoms with Crippen LogP contribution in [0.1, 0.15) is 55.1 Å². The van der Waals surface area contributed by atoms with Crippen molar-refractivity contribution in [1.29, 1.82) is 0 Å². The van der Waals surface area contributed by atoms with Gasteiger partial charge >= 0.3 is 0 Å². The molecule has 8 nitrogen and oxygen atoms in total. The molecule has 0 aliphatic heterocycles. The van der Waals surface area contributed by atoms with Crippen LogP contribution in [0, 0.1) is 12.7 Å². The number of aryl methyl sites for hydroxylation is 1. The highest BCUT2D eigenvalue weighted by atomic mass is 19.1. The monoisotopic (exact) mass is 500 g/mol. The summed E-state index contributed by atoms with van der Waals surface area (Å²) in [5.74, 6) is 0.935. The first-order chi connectivity index (χ1) is 17.7. The summed E-state index contributed by atoms with van der Waals surface area (Å²) in [4.78, 5) is 18.8. The van der Waals surface area contributed by atoms with Crippen LogP contribution < -0.4 is 5.56 Å². The molecule has 1 N–H and O–H groups in total. The Morgan fingerprint density at radius 2 is 1.86 bits per heavy atom. The van der Waals surface area contributed by atoms with Crippen LogP contribution in [0.15, 0.2) is 76.1 Å². The van der Waals surface area contributed by atoms with Gasteiger partial charge in [0.15, 0.2) is 5.82 Å². The molecule has 0 radical (unpaired) electrons. The lowest BCUT2D eigenvalue weighted by Crippen LogP contribution is -2.37. The van der Waals surface area contributed by atoms with Crippen molar-refractivity contribution in [3.63, 3.8) is 0 Å². The minimum Gasteiger partial charge on any atom is -0.468 e. The Kier molecular flexibility index (Phi) is 6.47. The molecule has 0 fully saturated rings. The van der Waals surface area contributed by atoms with Crippen LogP contribution in [0.5, 0.6) is 0 Å². The summed E-state index contributed by atoms with van der Waals surface area (Å²) in [5.41, 5.74) is 2.49. The van der Waals surface area contributed by atoms with Crippen molar-refractivity contribution in [2.75, 3.05) is 0 Å². The Bertz CT molecular complexity index is 1570. The number of nitrogens with zero attached hydrogens (tertiary/aromatic N) is 5. The van der Waals surface area contributed by atoms with E-state index in [2.05, 4.69) is 25.4 Å². The summed E-state index contributed by atoms with van der Waals surface area (Å²) in [6.45, 7) is 8.76. The zero-order valence-electron chi connectivity index (χ0n) is 21.3. The van der Waals surface area contributed by atoms with E-state index in [1.165, 1.54) is 12.1 Å². The molecule has 1 unspecified atom stereocenters. The van der Waals surface area contributed by atoms with E-state index in [0.29, 0.717) is 24.5 Å². The van der Waals surface area contributed by atoms with Crippen molar-refractivity contribution in [2.45, 2.75) is 52.4 Å². The Morgan fingerprint density at radius 1 is 1.08 bits per heavy atom. The number of hydrogen-bond acceptors (Lipinski definition) is 6. The third-order valence-electron chi connectivity index (χ3n) is 6.39. The number of aromatic amines is 1. The number of furan rings is 1. The summed E-state index contributed by atoms with van der Waals surface area (Å²) in [6.07, 6.45) is 1.62. The van der Waals surface area contributed by atoms with Crippen molar-refractivity contribution < 1.29 is 8.81 Å². The SMILES string of the molecule is Cc1cccc2cc(C(c3nnnn3C(C)(C)C)N(Cc3ccc(F)cc3)Cc3ccco3)c(=O)[nH]c12. The molecule has 5 rings (SSSR count). The Morgan fingerprint density at radius 3 is 2.57 bits per heavy atom. The zero-order chi connectivity index (χ0) is 26.2. The van der Waals surface area contributed by atoms with E-state index in [4.69, 9.17) is 4.42 Å². The molecule has 9 heteroatoms. The normalized spacial score (nSPS) is 12.9. The molecule has 0 amide bonds. The van der Waals surface area contributed by atoms with Crippen LogP contribution >= 0.6 is 0 Å². The number of halogens is 1. The largest absolute Gasteiger partial charge is 0.468 e. The van der Waals surface area contributed by atoms with Gasteiger partial charge in [0.1, 0.15) is 17.6 Å². The van der Waals surface area contributed by atoms with Crippen LogP contribution in [0.25, 0.3) is 10.9 Å². The molecule has 1 atom stereocenters. The fourth-order valence-electron chi connectivity index (χ4n) is 4.61. The summed E-state index contributed by atoms with van der Waals surface area (Å²) in [7, 11) is 0. The van der Waals surface area contributed by atoms with Gasteiger partial charge in [-0.3, -0.25) is 9.69 Å². The lowest BCUT2D eigenvalue weighted by Gasteiger charge is -2.32. The molecule has 3 aromatic heterocycles. The van der Waals surface area contributed by atoms with Gasteiger partial charge in [-0.2, -0.15) is 0 Å². The van der Waals surface area contributed by atoms with Crippen LogP contribution in [0.3, 0.4) is 0 Å². The number of pyridine rings is 1. The smallest absolute Gasteiger partial charge is 0.253 e. The van der Waals surface area contributed by atoms with E-state index >= 15 is 0 Å². The van der Waals surface area contributed by atoms with Gasteiger partial charge in [-0.05, 0) is 85.0 Å². The molecule has 2 aromatic carbocycles. The number of tetrazole rings is 1. The minimum atomic E-state index is -0.627. The van der Waals surface area contributed by atoms with Gasteiger partial charge in [0, 0.05) is 12.1 Å². The van der Waals surface area contributed by atoms with Gasteiger partial charge in [0.05, 0.1) is 23.9 Å². The third kappa shape index (κ3) is 5.08. The molecule has 37 heavy (non-hydrogen) atoms. The number of rotatable bonds is 7. The number of H-pyrrole nitrogens is 1. The Labute approximate surface area is 213 Å². The molecule has 0 bridgehead atoms. The maximum atomic E-state index is 13.7. The molecular formula is C28H29FN6O2. The van der Waals surface area contributed by atoms with Crippen molar-refractivity contribution in [3.05, 3.63) is 111 Å². The van der Waals surface area contributed by atoms with Gasteiger partial charge in [-0.1, -0.05) is 30.3 Å². The summed E-state index contributed by atoms with van der Waals surface area (Å²) in [6, 6.07) is 17.2. The quantitative estimate of drug-likeness (QED) is 0.334. The molecular weight excluding hydrogens is 471 g/mol. The van der Waals surface area contributed by atoms with E-state index in [0.717, 1.165) is 27.8 Å². The predicted molar refractivity (Wildman–Crippen MR) is 138 cm³/mol. The second kappa shape index (κ2) is 9.74. The summed E-state index contributed by atoms with van der Waals surface area (Å²) < 4.78 is 21.1. The highest BCUT2D eigenvalue weighted by Gasteiger charge is 2.34. The molecule has 0 aliphatic rings. The number of benzene rings is 2. The fraction of sp³-hybridized carbons (Fsp3) is 0.286. The van der Waals surface area contributed by atoms with E-state index < -0.39 is 11.6 Å². The standard InChI is InChI=1S/C28H29FN6O2/c1-18-7-5-8-20-15-23(27(36)30-24(18)20)25(26-31-32-33-35(26)28(2,3)4)34(17-22-9-6-14-37-22)16-19-10-12-21(29)13-11-19/h5-15,25H,16-17H2,1-4H3,(H,30,36). The van der Waals surface area contributed by atoms with Crippen LogP contribution in [0.2, 0.25) is 0 Å². The Hall–Kier alpha value is -4.11. The zero-order valence-corrected chi connectivity index (χ0v) is 21.3. The van der Waals surface area contributed by atoms with E-state index in [1.54, 1.807) is 23.1 Å². The van der Waals surface area contributed by atoms with Crippen LogP contribution in [0.4, 0.5) is 4.39 Å². The van der Waals surface area contributed by atoms with E-state index in [1.807, 2.05) is 64.1 Å². The highest BCUT2D eigenvalue weighted by molar-refractivity contribution is 5.82. The number of hydrogen-bond donors (Lipinski definition) is 1. The molecule has 0 spiro atoms. The van der Waals surface area contributed by atoms with Gasteiger partial charge < -0.3 is 9.40 Å². The maximum Gasteiger partial charge on any atom is 0.253 e. The summed E-state index contributed by atoms with van der Waals surface area (Å²) >= 11 is 0. The minimum absolute atomic E-state index is 0.223. The van der Waals surface area contributed by atoms with Crippen molar-refractivity contribution >= 4 is 10.9 Å². The topological polar surface area (TPSA) is 92.8 Å². The Balaban J connectivity index is 1.73. The molecule has 0 aliphatic carbocycles. The van der Waals surface area contributed by atoms with E-state index in [-0.39, 0.29) is 11.4 Å². The van der Waals surface area contributed by atoms with E-state index in [9.17, 15) is 9.18 Å². The molecule has 5 aromatic rings. The first-order valence-corrected chi connectivity index (χ1v) is 12.1. The van der Waals surface area contributed by atoms with Gasteiger partial charge in [0.25, 0.3) is 5.56 Å². The number of aromatic nitrogens is 5. The summed E-state index contributed by atoms with van der Waals surface area (Å²) in [5, 5.41) is 13.6. The number of nitrogens with one attached hydrogen (secondary N) is 1. The van der Waals surface area contributed by atoms with Crippen molar-refractivity contribution in [1.82, 2.24) is 30.1 Å². The van der Waals surface area contributed by atoms with Gasteiger partial charge in [-0.15, -0.1) is 5.10 Å². The first kappa shape index (κ1) is 24.6. The molecule has 190 valence electrons. The van der Waals surface area contributed by atoms with Gasteiger partial charge in [0.2, 0.25) is 0 Å². The third-order valence-corrected chi connectivity index (χ3v) is 6.39. The number of para-hydroxylation sites is 1. The second-order valence-electron chi connectivity index (χ2n) is 10.2. The number of fused-ring (bicyclic) bond motifs is 1.